The molecule has 0 aromatic heterocycles. The molecule has 0 saturated carbocycles. The van der Waals surface area contributed by atoms with Crippen molar-refractivity contribution in [1.29, 1.82) is 0 Å². The minimum atomic E-state index is -1.11. The number of terminal acetylenes is 1. The number of methoxy groups -OCH3 is 2. The Kier molecular flexibility index (Phi) is 4.12. The lowest BCUT2D eigenvalue weighted by Gasteiger charge is -2.28. The van der Waals surface area contributed by atoms with Gasteiger partial charge < -0.3 is 14.6 Å². The van der Waals surface area contributed by atoms with Gasteiger partial charge in [0.2, 0.25) is 0 Å². The molecule has 0 aliphatic heterocycles. The summed E-state index contributed by atoms with van der Waals surface area (Å²) >= 11 is 0. The van der Waals surface area contributed by atoms with E-state index in [1.807, 2.05) is 0 Å². The number of rotatable bonds is 4. The quantitative estimate of drug-likeness (QED) is 0.475. The van der Waals surface area contributed by atoms with E-state index in [1.165, 1.54) is 14.2 Å². The van der Waals surface area contributed by atoms with E-state index < -0.39 is 11.9 Å². The number of ether oxygens (including phenoxy) is 2. The van der Waals surface area contributed by atoms with Crippen molar-refractivity contribution >= 4 is 0 Å². The van der Waals surface area contributed by atoms with E-state index in [0.29, 0.717) is 0 Å². The molecule has 1 unspecified atom stereocenters. The fourth-order valence-electron chi connectivity index (χ4n) is 0.894. The molecule has 0 saturated heterocycles. The Morgan fingerprint density at radius 2 is 2.00 bits per heavy atom. The summed E-state index contributed by atoms with van der Waals surface area (Å²) in [5.74, 6) is 2.35. The van der Waals surface area contributed by atoms with Crippen molar-refractivity contribution in [2.45, 2.75) is 25.2 Å². The van der Waals surface area contributed by atoms with Crippen LogP contribution in [0.25, 0.3) is 0 Å². The molecule has 11 heavy (non-hydrogen) atoms. The SMILES string of the molecule is C#CCC(C)(O)C(OC)OC. The second-order valence-electron chi connectivity index (χ2n) is 2.54. The molecular formula is C8H14O3. The van der Waals surface area contributed by atoms with E-state index in [-0.39, 0.29) is 6.42 Å². The van der Waals surface area contributed by atoms with Crippen molar-refractivity contribution in [1.82, 2.24) is 0 Å². The first-order chi connectivity index (χ1) is 5.08. The van der Waals surface area contributed by atoms with E-state index >= 15 is 0 Å². The zero-order chi connectivity index (χ0) is 8.91. The van der Waals surface area contributed by atoms with Gasteiger partial charge in [-0.1, -0.05) is 0 Å². The second kappa shape index (κ2) is 4.35. The molecular weight excluding hydrogens is 144 g/mol. The van der Waals surface area contributed by atoms with Crippen LogP contribution in [0.1, 0.15) is 13.3 Å². The average molecular weight is 158 g/mol. The first-order valence-electron chi connectivity index (χ1n) is 3.30. The number of hydrogen-bond acceptors (Lipinski definition) is 3. The van der Waals surface area contributed by atoms with Gasteiger partial charge >= 0.3 is 0 Å². The number of aliphatic hydroxyl groups is 1. The minimum absolute atomic E-state index is 0.208. The van der Waals surface area contributed by atoms with Gasteiger partial charge in [-0.3, -0.25) is 0 Å². The van der Waals surface area contributed by atoms with E-state index in [1.54, 1.807) is 6.92 Å². The minimum Gasteiger partial charge on any atom is -0.384 e. The highest BCUT2D eigenvalue weighted by molar-refractivity contribution is 4.94. The summed E-state index contributed by atoms with van der Waals surface area (Å²) in [6.45, 7) is 1.57. The van der Waals surface area contributed by atoms with Gasteiger partial charge in [-0.25, -0.2) is 0 Å². The molecule has 0 spiro atoms. The number of hydrogen-bond donors (Lipinski definition) is 1. The van der Waals surface area contributed by atoms with Crippen molar-refractivity contribution in [3.63, 3.8) is 0 Å². The molecule has 1 N–H and O–H groups in total. The average Bonchev–Trinajstić information content (AvgIpc) is 1.89. The topological polar surface area (TPSA) is 38.7 Å². The molecule has 3 heteroatoms. The van der Waals surface area contributed by atoms with E-state index in [4.69, 9.17) is 15.9 Å². The Balaban J connectivity index is 4.14. The second-order valence-corrected chi connectivity index (χ2v) is 2.54. The van der Waals surface area contributed by atoms with Crippen molar-refractivity contribution in [2.75, 3.05) is 14.2 Å². The maximum Gasteiger partial charge on any atom is 0.186 e. The molecule has 0 bridgehead atoms. The first kappa shape index (κ1) is 10.4. The largest absolute Gasteiger partial charge is 0.384 e. The zero-order valence-electron chi connectivity index (χ0n) is 7.13. The van der Waals surface area contributed by atoms with Crippen molar-refractivity contribution in [2.24, 2.45) is 0 Å². The van der Waals surface area contributed by atoms with Crippen LogP contribution in [0, 0.1) is 12.3 Å². The highest BCUT2D eigenvalue weighted by Crippen LogP contribution is 2.16. The van der Waals surface area contributed by atoms with Crippen LogP contribution in [0.4, 0.5) is 0 Å². The molecule has 0 rings (SSSR count). The third-order valence-corrected chi connectivity index (χ3v) is 1.40. The monoisotopic (exact) mass is 158 g/mol. The smallest absolute Gasteiger partial charge is 0.186 e. The molecule has 3 nitrogen and oxygen atoms in total. The van der Waals surface area contributed by atoms with Gasteiger partial charge in [0.1, 0.15) is 5.60 Å². The normalized spacial score (nSPS) is 16.0. The van der Waals surface area contributed by atoms with E-state index in [9.17, 15) is 5.11 Å². The lowest BCUT2D eigenvalue weighted by molar-refractivity contribution is -0.205. The predicted octanol–water partition coefficient (Wildman–Crippen LogP) is 0.380. The summed E-state index contributed by atoms with van der Waals surface area (Å²) in [5.41, 5.74) is -1.11. The van der Waals surface area contributed by atoms with Gasteiger partial charge in [0.25, 0.3) is 0 Å². The lowest BCUT2D eigenvalue weighted by Crippen LogP contribution is -2.41. The molecule has 0 radical (unpaired) electrons. The lowest BCUT2D eigenvalue weighted by atomic mass is 10.0. The molecule has 0 aromatic carbocycles. The summed E-state index contributed by atoms with van der Waals surface area (Å²) in [5, 5.41) is 9.58. The highest BCUT2D eigenvalue weighted by Gasteiger charge is 2.31. The standard InChI is InChI=1S/C8H14O3/c1-5-6-8(2,9)7(10-3)11-4/h1,7,9H,6H2,2-4H3. The van der Waals surface area contributed by atoms with E-state index in [2.05, 4.69) is 5.92 Å². The molecule has 0 aliphatic carbocycles. The molecule has 64 valence electrons. The van der Waals surface area contributed by atoms with Crippen LogP contribution < -0.4 is 0 Å². The zero-order valence-corrected chi connectivity index (χ0v) is 7.13. The van der Waals surface area contributed by atoms with Gasteiger partial charge in [0, 0.05) is 20.6 Å². The summed E-state index contributed by atoms with van der Waals surface area (Å²) < 4.78 is 9.70. The molecule has 0 amide bonds. The Morgan fingerprint density at radius 3 is 2.27 bits per heavy atom. The molecule has 1 atom stereocenters. The maximum absolute atomic E-state index is 9.58. The summed E-state index contributed by atoms with van der Waals surface area (Å²) in [6.07, 6.45) is 4.58. The van der Waals surface area contributed by atoms with Crippen LogP contribution in [0.3, 0.4) is 0 Å². The fourth-order valence-corrected chi connectivity index (χ4v) is 0.894. The van der Waals surface area contributed by atoms with Crippen LogP contribution in [0.2, 0.25) is 0 Å². The van der Waals surface area contributed by atoms with Gasteiger partial charge in [0.05, 0.1) is 0 Å². The van der Waals surface area contributed by atoms with Crippen molar-refractivity contribution in [3.05, 3.63) is 0 Å². The fraction of sp³-hybridized carbons (Fsp3) is 0.750. The van der Waals surface area contributed by atoms with Crippen LogP contribution in [-0.2, 0) is 9.47 Å². The van der Waals surface area contributed by atoms with Crippen LogP contribution in [0.15, 0.2) is 0 Å². The third kappa shape index (κ3) is 2.89. The van der Waals surface area contributed by atoms with Gasteiger partial charge in [-0.05, 0) is 6.92 Å². The molecule has 0 fully saturated rings. The van der Waals surface area contributed by atoms with Crippen molar-refractivity contribution < 1.29 is 14.6 Å². The summed E-state index contributed by atoms with van der Waals surface area (Å²) in [6, 6.07) is 0. The molecule has 0 heterocycles. The van der Waals surface area contributed by atoms with Gasteiger partial charge in [0.15, 0.2) is 6.29 Å². The molecule has 0 aliphatic rings. The molecule has 0 aromatic rings. The van der Waals surface area contributed by atoms with Gasteiger partial charge in [-0.2, -0.15) is 0 Å². The third-order valence-electron chi connectivity index (χ3n) is 1.40. The van der Waals surface area contributed by atoms with Crippen LogP contribution >= 0.6 is 0 Å². The Hall–Kier alpha value is -0.560. The highest BCUT2D eigenvalue weighted by atomic mass is 16.7. The first-order valence-corrected chi connectivity index (χ1v) is 3.30. The van der Waals surface area contributed by atoms with Crippen LogP contribution in [0.5, 0.6) is 0 Å². The Bertz CT molecular complexity index is 142. The van der Waals surface area contributed by atoms with Crippen LogP contribution in [-0.4, -0.2) is 31.2 Å². The Morgan fingerprint density at radius 1 is 1.55 bits per heavy atom. The van der Waals surface area contributed by atoms with Gasteiger partial charge in [-0.15, -0.1) is 12.3 Å². The summed E-state index contributed by atoms with van der Waals surface area (Å²) in [4.78, 5) is 0. The van der Waals surface area contributed by atoms with E-state index in [0.717, 1.165) is 0 Å². The predicted molar refractivity (Wildman–Crippen MR) is 41.9 cm³/mol. The van der Waals surface area contributed by atoms with Crippen molar-refractivity contribution in [3.8, 4) is 12.3 Å². The Labute approximate surface area is 67.3 Å². The summed E-state index contributed by atoms with van der Waals surface area (Å²) in [7, 11) is 2.91. The maximum atomic E-state index is 9.58.